The summed E-state index contributed by atoms with van der Waals surface area (Å²) in [5, 5.41) is 19.0. The van der Waals surface area contributed by atoms with Gasteiger partial charge < -0.3 is 19.5 Å². The zero-order valence-electron chi connectivity index (χ0n) is 19.0. The number of guanidine groups is 1. The minimum atomic E-state index is 0.413. The highest BCUT2D eigenvalue weighted by atomic mass is 16.5. The highest BCUT2D eigenvalue weighted by Crippen LogP contribution is 2.25. The molecule has 0 atom stereocenters. The largest absolute Gasteiger partial charge is 0.497 e. The number of benzene rings is 1. The normalized spacial score (nSPS) is 15.2. The number of aromatic amines is 1. The molecular weight excluding hydrogens is 406 g/mol. The Bertz CT molecular complexity index is 1000. The first-order valence-corrected chi connectivity index (χ1v) is 11.0. The molecule has 0 aliphatic carbocycles. The predicted octanol–water partition coefficient (Wildman–Crippen LogP) is 1.82. The molecule has 3 aromatic rings. The fourth-order valence-electron chi connectivity index (χ4n) is 3.89. The third-order valence-electron chi connectivity index (χ3n) is 6.02. The fraction of sp³-hybridized carbons (Fsp3) is 0.500. The second-order valence-electron chi connectivity index (χ2n) is 8.02. The number of methoxy groups -OCH3 is 1. The van der Waals surface area contributed by atoms with Gasteiger partial charge in [-0.15, -0.1) is 10.2 Å². The molecule has 32 heavy (non-hydrogen) atoms. The standard InChI is InChI=1S/C22H31N9O/c1-16-27-28-20(30(16)2)14-24-22(23-11-8-17-4-6-19(32-3)7-5-17)31-12-9-18(10-13-31)21-25-15-26-29-21/h4-7,15,18H,8-14H2,1-3H3,(H,23,24)(H,25,26,29). The Morgan fingerprint density at radius 3 is 2.62 bits per heavy atom. The molecule has 2 aromatic heterocycles. The monoisotopic (exact) mass is 437 g/mol. The van der Waals surface area contributed by atoms with Gasteiger partial charge in [0.05, 0.1) is 7.11 Å². The first-order valence-electron chi connectivity index (χ1n) is 11.0. The molecule has 2 N–H and O–H groups in total. The lowest BCUT2D eigenvalue weighted by atomic mass is 9.96. The highest BCUT2D eigenvalue weighted by molar-refractivity contribution is 5.80. The number of hydrogen-bond acceptors (Lipinski definition) is 6. The van der Waals surface area contributed by atoms with E-state index in [1.54, 1.807) is 13.4 Å². The van der Waals surface area contributed by atoms with Gasteiger partial charge in [-0.05, 0) is 43.9 Å². The van der Waals surface area contributed by atoms with E-state index in [0.29, 0.717) is 12.5 Å². The SMILES string of the molecule is COc1ccc(CCNC(=NCc2nnc(C)n2C)N2CCC(c3ncn[nH]3)CC2)cc1. The molecule has 1 aliphatic heterocycles. The number of H-pyrrole nitrogens is 1. The van der Waals surface area contributed by atoms with Crippen molar-refractivity contribution in [3.8, 4) is 5.75 Å². The number of piperidine rings is 1. The maximum absolute atomic E-state index is 5.25. The summed E-state index contributed by atoms with van der Waals surface area (Å²) in [4.78, 5) is 11.5. The molecule has 0 radical (unpaired) electrons. The Balaban J connectivity index is 1.40. The van der Waals surface area contributed by atoms with Gasteiger partial charge in [0.2, 0.25) is 0 Å². The highest BCUT2D eigenvalue weighted by Gasteiger charge is 2.24. The van der Waals surface area contributed by atoms with E-state index in [2.05, 4.69) is 47.7 Å². The van der Waals surface area contributed by atoms with E-state index in [1.165, 1.54) is 5.56 Å². The molecule has 0 amide bonds. The van der Waals surface area contributed by atoms with Gasteiger partial charge in [-0.1, -0.05) is 12.1 Å². The number of aromatic nitrogens is 6. The van der Waals surface area contributed by atoms with Gasteiger partial charge in [-0.3, -0.25) is 5.10 Å². The minimum absolute atomic E-state index is 0.413. The van der Waals surface area contributed by atoms with Crippen molar-refractivity contribution in [1.29, 1.82) is 0 Å². The van der Waals surface area contributed by atoms with Crippen molar-refractivity contribution in [2.45, 2.75) is 38.6 Å². The quantitative estimate of drug-likeness (QED) is 0.429. The van der Waals surface area contributed by atoms with Gasteiger partial charge in [0.25, 0.3) is 0 Å². The van der Waals surface area contributed by atoms with E-state index in [-0.39, 0.29) is 0 Å². The number of aliphatic imine (C=N–C) groups is 1. The first-order chi connectivity index (χ1) is 15.6. The second kappa shape index (κ2) is 10.3. The predicted molar refractivity (Wildman–Crippen MR) is 122 cm³/mol. The number of hydrogen-bond donors (Lipinski definition) is 2. The Morgan fingerprint density at radius 1 is 1.22 bits per heavy atom. The minimum Gasteiger partial charge on any atom is -0.497 e. The smallest absolute Gasteiger partial charge is 0.194 e. The van der Waals surface area contributed by atoms with Crippen molar-refractivity contribution < 1.29 is 4.74 Å². The van der Waals surface area contributed by atoms with Crippen molar-refractivity contribution in [2.24, 2.45) is 12.0 Å². The van der Waals surface area contributed by atoms with E-state index in [1.807, 2.05) is 30.7 Å². The summed E-state index contributed by atoms with van der Waals surface area (Å²) in [6.07, 6.45) is 4.51. The molecule has 1 fully saturated rings. The third-order valence-corrected chi connectivity index (χ3v) is 6.02. The summed E-state index contributed by atoms with van der Waals surface area (Å²) in [5.41, 5.74) is 1.26. The molecule has 10 nitrogen and oxygen atoms in total. The van der Waals surface area contributed by atoms with Gasteiger partial charge in [0, 0.05) is 32.6 Å². The average molecular weight is 438 g/mol. The van der Waals surface area contributed by atoms with Gasteiger partial charge >= 0.3 is 0 Å². The molecule has 1 saturated heterocycles. The summed E-state index contributed by atoms with van der Waals surface area (Å²) in [6.45, 7) is 5.06. The van der Waals surface area contributed by atoms with Crippen LogP contribution >= 0.6 is 0 Å². The molecular formula is C22H31N9O. The average Bonchev–Trinajstić information content (AvgIpc) is 3.48. The summed E-state index contributed by atoms with van der Waals surface area (Å²) < 4.78 is 7.23. The lowest BCUT2D eigenvalue weighted by Gasteiger charge is -2.33. The maximum atomic E-state index is 5.25. The Labute approximate surface area is 188 Å². The zero-order chi connectivity index (χ0) is 22.3. The van der Waals surface area contributed by atoms with Crippen molar-refractivity contribution in [3.05, 3.63) is 53.6 Å². The Morgan fingerprint density at radius 2 is 2.00 bits per heavy atom. The molecule has 0 spiro atoms. The van der Waals surface area contributed by atoms with Crippen LogP contribution in [-0.2, 0) is 20.0 Å². The van der Waals surface area contributed by atoms with Crippen molar-refractivity contribution in [3.63, 3.8) is 0 Å². The van der Waals surface area contributed by atoms with E-state index in [9.17, 15) is 0 Å². The molecule has 0 saturated carbocycles. The molecule has 10 heteroatoms. The third kappa shape index (κ3) is 5.24. The van der Waals surface area contributed by atoms with Gasteiger partial charge in [-0.2, -0.15) is 5.10 Å². The molecule has 4 rings (SSSR count). The number of aryl methyl sites for hydroxylation is 1. The summed E-state index contributed by atoms with van der Waals surface area (Å²) >= 11 is 0. The molecule has 170 valence electrons. The topological polar surface area (TPSA) is 109 Å². The molecule has 1 aromatic carbocycles. The van der Waals surface area contributed by atoms with Crippen LogP contribution in [0.25, 0.3) is 0 Å². The summed E-state index contributed by atoms with van der Waals surface area (Å²) in [5.74, 6) is 4.92. The molecule has 3 heterocycles. The van der Waals surface area contributed by atoms with Crippen LogP contribution in [-0.4, -0.2) is 67.5 Å². The second-order valence-corrected chi connectivity index (χ2v) is 8.02. The van der Waals surface area contributed by atoms with Gasteiger partial charge in [0.1, 0.15) is 30.3 Å². The Kier molecular flexibility index (Phi) is 6.98. The first kappa shape index (κ1) is 21.8. The number of nitrogens with one attached hydrogen (secondary N) is 2. The van der Waals surface area contributed by atoms with Crippen molar-refractivity contribution >= 4 is 5.96 Å². The number of ether oxygens (including phenoxy) is 1. The number of likely N-dealkylation sites (tertiary alicyclic amines) is 1. The van der Waals surface area contributed by atoms with Crippen LogP contribution < -0.4 is 10.1 Å². The van der Waals surface area contributed by atoms with Crippen LogP contribution in [0.2, 0.25) is 0 Å². The zero-order valence-corrected chi connectivity index (χ0v) is 19.0. The van der Waals surface area contributed by atoms with Crippen LogP contribution in [0.1, 0.15) is 41.8 Å². The van der Waals surface area contributed by atoms with E-state index in [0.717, 1.165) is 68.1 Å². The number of rotatable bonds is 7. The van der Waals surface area contributed by atoms with E-state index in [4.69, 9.17) is 9.73 Å². The van der Waals surface area contributed by atoms with Crippen LogP contribution in [0.5, 0.6) is 5.75 Å². The van der Waals surface area contributed by atoms with Gasteiger partial charge in [0.15, 0.2) is 11.8 Å². The fourth-order valence-corrected chi connectivity index (χ4v) is 3.89. The van der Waals surface area contributed by atoms with Crippen LogP contribution in [0.3, 0.4) is 0 Å². The van der Waals surface area contributed by atoms with Crippen LogP contribution in [0.15, 0.2) is 35.6 Å². The van der Waals surface area contributed by atoms with Gasteiger partial charge in [-0.25, -0.2) is 9.98 Å². The van der Waals surface area contributed by atoms with E-state index >= 15 is 0 Å². The van der Waals surface area contributed by atoms with Crippen LogP contribution in [0, 0.1) is 6.92 Å². The van der Waals surface area contributed by atoms with Crippen molar-refractivity contribution in [2.75, 3.05) is 26.7 Å². The molecule has 1 aliphatic rings. The Hall–Kier alpha value is -3.43. The van der Waals surface area contributed by atoms with Crippen molar-refractivity contribution in [1.82, 2.24) is 40.2 Å². The maximum Gasteiger partial charge on any atom is 0.194 e. The van der Waals surface area contributed by atoms with E-state index < -0.39 is 0 Å². The lowest BCUT2D eigenvalue weighted by Crippen LogP contribution is -2.46. The summed E-state index contributed by atoms with van der Waals surface area (Å²) in [6, 6.07) is 8.19. The number of nitrogens with zero attached hydrogens (tertiary/aromatic N) is 7. The molecule has 0 bridgehead atoms. The molecule has 0 unspecified atom stereocenters. The lowest BCUT2D eigenvalue weighted by molar-refractivity contribution is 0.298. The van der Waals surface area contributed by atoms with Crippen LogP contribution in [0.4, 0.5) is 0 Å². The summed E-state index contributed by atoms with van der Waals surface area (Å²) in [7, 11) is 3.66.